The van der Waals surface area contributed by atoms with Crippen LogP contribution in [0, 0.1) is 0 Å². The summed E-state index contributed by atoms with van der Waals surface area (Å²) in [5, 5.41) is 11.9. The van der Waals surface area contributed by atoms with E-state index >= 15 is 0 Å². The van der Waals surface area contributed by atoms with Gasteiger partial charge in [0.1, 0.15) is 11.8 Å². The lowest BCUT2D eigenvalue weighted by Crippen LogP contribution is -2.42. The zero-order valence-corrected chi connectivity index (χ0v) is 14.9. The van der Waals surface area contributed by atoms with Crippen molar-refractivity contribution in [3.8, 4) is 5.75 Å². The Morgan fingerprint density at radius 2 is 1.84 bits per heavy atom. The first-order chi connectivity index (χ1) is 11.8. The first-order valence-electron chi connectivity index (χ1n) is 7.42. The number of carboxylic acid groups (broad SMARTS) is 1. The van der Waals surface area contributed by atoms with E-state index in [4.69, 9.17) is 4.74 Å². The molecule has 0 spiro atoms. The van der Waals surface area contributed by atoms with Gasteiger partial charge in [0.05, 0.1) is 0 Å². The van der Waals surface area contributed by atoms with Crippen molar-refractivity contribution in [3.05, 3.63) is 64.1 Å². The van der Waals surface area contributed by atoms with Crippen molar-refractivity contribution in [2.45, 2.75) is 19.4 Å². The summed E-state index contributed by atoms with van der Waals surface area (Å²) in [4.78, 5) is 34.6. The van der Waals surface area contributed by atoms with Crippen LogP contribution in [0.3, 0.4) is 0 Å². The number of esters is 1. The molecule has 25 heavy (non-hydrogen) atoms. The molecule has 0 saturated carbocycles. The molecule has 2 N–H and O–H groups in total. The summed E-state index contributed by atoms with van der Waals surface area (Å²) in [7, 11) is 0. The SMILES string of the molecule is CC(=O)Oc1ccc(C(=O)N[C@@H](Cc2cccc(Br)c2)C(=O)O)cc1. The Balaban J connectivity index is 2.07. The number of benzene rings is 2. The lowest BCUT2D eigenvalue weighted by atomic mass is 10.1. The Morgan fingerprint density at radius 3 is 2.40 bits per heavy atom. The van der Waals surface area contributed by atoms with Gasteiger partial charge in [0, 0.05) is 23.4 Å². The maximum absolute atomic E-state index is 12.3. The summed E-state index contributed by atoms with van der Waals surface area (Å²) in [5.41, 5.74) is 1.06. The van der Waals surface area contributed by atoms with Gasteiger partial charge < -0.3 is 15.2 Å². The average Bonchev–Trinajstić information content (AvgIpc) is 2.54. The van der Waals surface area contributed by atoms with Crippen LogP contribution in [0.2, 0.25) is 0 Å². The van der Waals surface area contributed by atoms with Gasteiger partial charge in [-0.1, -0.05) is 28.1 Å². The summed E-state index contributed by atoms with van der Waals surface area (Å²) < 4.78 is 5.72. The van der Waals surface area contributed by atoms with E-state index in [0.29, 0.717) is 5.75 Å². The molecule has 1 amide bonds. The lowest BCUT2D eigenvalue weighted by molar-refractivity contribution is -0.139. The van der Waals surface area contributed by atoms with Crippen LogP contribution in [-0.2, 0) is 16.0 Å². The smallest absolute Gasteiger partial charge is 0.326 e. The molecule has 0 radical (unpaired) electrons. The third kappa shape index (κ3) is 5.72. The van der Waals surface area contributed by atoms with Crippen LogP contribution in [0.15, 0.2) is 53.0 Å². The van der Waals surface area contributed by atoms with Gasteiger partial charge in [-0.15, -0.1) is 0 Å². The second-order valence-corrected chi connectivity index (χ2v) is 6.23. The minimum atomic E-state index is -1.12. The Morgan fingerprint density at radius 1 is 1.16 bits per heavy atom. The number of hydrogen-bond donors (Lipinski definition) is 2. The standard InChI is InChI=1S/C18H16BrNO5/c1-11(21)25-15-7-5-13(6-8-15)17(22)20-16(18(23)24)10-12-3-2-4-14(19)9-12/h2-9,16H,10H2,1H3,(H,20,22)(H,23,24)/t16-/m0/s1. The van der Waals surface area contributed by atoms with Crippen molar-refractivity contribution in [2.24, 2.45) is 0 Å². The molecule has 0 aliphatic carbocycles. The summed E-state index contributed by atoms with van der Waals surface area (Å²) in [5.74, 6) is -1.79. The Labute approximate surface area is 152 Å². The highest BCUT2D eigenvalue weighted by Crippen LogP contribution is 2.15. The van der Waals surface area contributed by atoms with E-state index in [-0.39, 0.29) is 12.0 Å². The van der Waals surface area contributed by atoms with Crippen LogP contribution in [-0.4, -0.2) is 29.0 Å². The molecular formula is C18H16BrNO5. The van der Waals surface area contributed by atoms with Crippen LogP contribution in [0.25, 0.3) is 0 Å². The number of ether oxygens (including phenoxy) is 1. The number of carbonyl (C=O) groups excluding carboxylic acids is 2. The fourth-order valence-electron chi connectivity index (χ4n) is 2.18. The monoisotopic (exact) mass is 405 g/mol. The highest BCUT2D eigenvalue weighted by Gasteiger charge is 2.21. The highest BCUT2D eigenvalue weighted by molar-refractivity contribution is 9.10. The third-order valence-electron chi connectivity index (χ3n) is 3.31. The number of nitrogens with one attached hydrogen (secondary N) is 1. The largest absolute Gasteiger partial charge is 0.480 e. The summed E-state index contributed by atoms with van der Waals surface area (Å²) in [6.45, 7) is 1.28. The van der Waals surface area contributed by atoms with Gasteiger partial charge in [0.2, 0.25) is 0 Å². The van der Waals surface area contributed by atoms with E-state index in [0.717, 1.165) is 10.0 Å². The van der Waals surface area contributed by atoms with Crippen molar-refractivity contribution in [1.82, 2.24) is 5.32 Å². The van der Waals surface area contributed by atoms with Gasteiger partial charge in [0.25, 0.3) is 5.91 Å². The molecule has 0 heterocycles. The molecule has 2 rings (SSSR count). The highest BCUT2D eigenvalue weighted by atomic mass is 79.9. The average molecular weight is 406 g/mol. The molecule has 1 atom stereocenters. The molecule has 0 saturated heterocycles. The molecule has 7 heteroatoms. The third-order valence-corrected chi connectivity index (χ3v) is 3.80. The molecular weight excluding hydrogens is 390 g/mol. The molecule has 0 aromatic heterocycles. The predicted octanol–water partition coefficient (Wildman–Crippen LogP) is 2.80. The molecule has 2 aromatic rings. The number of rotatable bonds is 6. The minimum absolute atomic E-state index is 0.159. The number of aliphatic carboxylic acids is 1. The van der Waals surface area contributed by atoms with Gasteiger partial charge in [-0.25, -0.2) is 4.79 Å². The fourth-order valence-corrected chi connectivity index (χ4v) is 2.63. The van der Waals surface area contributed by atoms with E-state index in [9.17, 15) is 19.5 Å². The van der Waals surface area contributed by atoms with E-state index in [1.165, 1.54) is 31.2 Å². The Bertz CT molecular complexity index is 788. The van der Waals surface area contributed by atoms with E-state index in [1.54, 1.807) is 18.2 Å². The molecule has 0 fully saturated rings. The van der Waals surface area contributed by atoms with Crippen molar-refractivity contribution >= 4 is 33.8 Å². The topological polar surface area (TPSA) is 92.7 Å². The molecule has 6 nitrogen and oxygen atoms in total. The number of amides is 1. The fraction of sp³-hybridized carbons (Fsp3) is 0.167. The van der Waals surface area contributed by atoms with E-state index in [1.807, 2.05) is 6.07 Å². The molecule has 0 aliphatic heterocycles. The van der Waals surface area contributed by atoms with Crippen molar-refractivity contribution in [2.75, 3.05) is 0 Å². The van der Waals surface area contributed by atoms with Gasteiger partial charge in [-0.05, 0) is 42.0 Å². The molecule has 0 aliphatic rings. The van der Waals surface area contributed by atoms with Crippen LogP contribution >= 0.6 is 15.9 Å². The molecule has 2 aromatic carbocycles. The van der Waals surface area contributed by atoms with Crippen molar-refractivity contribution < 1.29 is 24.2 Å². The first kappa shape index (κ1) is 18.7. The normalized spacial score (nSPS) is 11.4. The van der Waals surface area contributed by atoms with Crippen molar-refractivity contribution in [1.29, 1.82) is 0 Å². The van der Waals surface area contributed by atoms with Gasteiger partial charge in [-0.2, -0.15) is 0 Å². The maximum atomic E-state index is 12.3. The number of hydrogen-bond acceptors (Lipinski definition) is 4. The maximum Gasteiger partial charge on any atom is 0.326 e. The minimum Gasteiger partial charge on any atom is -0.480 e. The summed E-state index contributed by atoms with van der Waals surface area (Å²) in [6.07, 6.45) is 0.159. The zero-order valence-electron chi connectivity index (χ0n) is 13.4. The number of halogens is 1. The lowest BCUT2D eigenvalue weighted by Gasteiger charge is -2.15. The first-order valence-corrected chi connectivity index (χ1v) is 8.21. The van der Waals surface area contributed by atoms with Gasteiger partial charge >= 0.3 is 11.9 Å². The van der Waals surface area contributed by atoms with Crippen LogP contribution in [0.4, 0.5) is 0 Å². The number of carboxylic acids is 1. The zero-order chi connectivity index (χ0) is 18.4. The summed E-state index contributed by atoms with van der Waals surface area (Å²) >= 11 is 3.33. The van der Waals surface area contributed by atoms with Crippen LogP contribution < -0.4 is 10.1 Å². The molecule has 0 bridgehead atoms. The van der Waals surface area contributed by atoms with E-state index in [2.05, 4.69) is 21.2 Å². The quantitative estimate of drug-likeness (QED) is 0.569. The van der Waals surface area contributed by atoms with Crippen molar-refractivity contribution in [3.63, 3.8) is 0 Å². The number of carbonyl (C=O) groups is 3. The second-order valence-electron chi connectivity index (χ2n) is 5.32. The second kappa shape index (κ2) is 8.43. The molecule has 0 unspecified atom stereocenters. The summed E-state index contributed by atoms with van der Waals surface area (Å²) in [6, 6.07) is 12.0. The molecule has 130 valence electrons. The van der Waals surface area contributed by atoms with E-state index < -0.39 is 23.9 Å². The van der Waals surface area contributed by atoms with Gasteiger partial charge in [-0.3, -0.25) is 9.59 Å². The van der Waals surface area contributed by atoms with Gasteiger partial charge in [0.15, 0.2) is 0 Å². The Hall–Kier alpha value is -2.67. The predicted molar refractivity (Wildman–Crippen MR) is 94.5 cm³/mol. The Kier molecular flexibility index (Phi) is 6.30. The van der Waals surface area contributed by atoms with Crippen LogP contribution in [0.1, 0.15) is 22.8 Å². The van der Waals surface area contributed by atoms with Crippen LogP contribution in [0.5, 0.6) is 5.75 Å².